The summed E-state index contributed by atoms with van der Waals surface area (Å²) >= 11 is 0. The molecule has 0 aromatic carbocycles. The van der Waals surface area contributed by atoms with E-state index in [0.717, 1.165) is 17.5 Å². The summed E-state index contributed by atoms with van der Waals surface area (Å²) < 4.78 is 2.21. The monoisotopic (exact) mass is 227 g/mol. The highest BCUT2D eigenvalue weighted by atomic mass is 15.2. The first-order valence-electron chi connectivity index (χ1n) is 6.66. The Kier molecular flexibility index (Phi) is 1.88. The Morgan fingerprint density at radius 1 is 1.29 bits per heavy atom. The van der Waals surface area contributed by atoms with Gasteiger partial charge in [0, 0.05) is 5.69 Å². The summed E-state index contributed by atoms with van der Waals surface area (Å²) in [5.74, 6) is 1.76. The first-order valence-corrected chi connectivity index (χ1v) is 6.66. The van der Waals surface area contributed by atoms with E-state index >= 15 is 0 Å². The smallest absolute Gasteiger partial charge is 0.163 e. The van der Waals surface area contributed by atoms with Gasteiger partial charge in [-0.3, -0.25) is 4.40 Å². The van der Waals surface area contributed by atoms with E-state index in [0.29, 0.717) is 0 Å². The molecule has 3 nitrogen and oxygen atoms in total. The van der Waals surface area contributed by atoms with E-state index in [-0.39, 0.29) is 0 Å². The van der Waals surface area contributed by atoms with E-state index in [1.54, 1.807) is 5.56 Å². The molecule has 0 N–H and O–H groups in total. The summed E-state index contributed by atoms with van der Waals surface area (Å²) in [4.78, 5) is 0. The zero-order chi connectivity index (χ0) is 11.4. The summed E-state index contributed by atoms with van der Waals surface area (Å²) in [7, 11) is 0. The molecule has 17 heavy (non-hydrogen) atoms. The van der Waals surface area contributed by atoms with Crippen molar-refractivity contribution in [2.45, 2.75) is 44.9 Å². The van der Waals surface area contributed by atoms with Crippen molar-refractivity contribution in [3.63, 3.8) is 0 Å². The van der Waals surface area contributed by atoms with Crippen LogP contribution in [0.25, 0.3) is 5.65 Å². The van der Waals surface area contributed by atoms with E-state index in [1.807, 2.05) is 6.33 Å². The van der Waals surface area contributed by atoms with Gasteiger partial charge in [-0.2, -0.15) is 0 Å². The molecule has 3 heteroatoms. The van der Waals surface area contributed by atoms with Crippen LogP contribution < -0.4 is 0 Å². The summed E-state index contributed by atoms with van der Waals surface area (Å²) in [5, 5.41) is 8.27. The first-order chi connectivity index (χ1) is 8.34. The highest BCUT2D eigenvalue weighted by molar-refractivity contribution is 5.52. The van der Waals surface area contributed by atoms with Gasteiger partial charge in [-0.25, -0.2) is 0 Å². The van der Waals surface area contributed by atoms with Crippen LogP contribution in [-0.2, 0) is 6.42 Å². The normalized spacial score (nSPS) is 23.9. The van der Waals surface area contributed by atoms with Crippen LogP contribution in [-0.4, -0.2) is 14.6 Å². The molecule has 0 radical (unpaired) electrons. The van der Waals surface area contributed by atoms with Gasteiger partial charge in [-0.1, -0.05) is 12.5 Å². The summed E-state index contributed by atoms with van der Waals surface area (Å²) in [6.45, 7) is 2.15. The predicted octanol–water partition coefficient (Wildman–Crippen LogP) is 2.87. The van der Waals surface area contributed by atoms with E-state index < -0.39 is 0 Å². The minimum atomic E-state index is 0.809. The summed E-state index contributed by atoms with van der Waals surface area (Å²) in [6.07, 6.45) is 8.71. The standard InChI is InChI=1S/C14H17N3/c1-9-7-12-11(10-3-2-4-10)5-6-13(12)17-8-15-16-14(9)17/h7-8,10-11H,2-6H2,1H3. The van der Waals surface area contributed by atoms with Crippen LogP contribution in [0.1, 0.15) is 48.4 Å². The number of fused-ring (bicyclic) bond motifs is 3. The minimum absolute atomic E-state index is 0.809. The molecule has 0 aliphatic heterocycles. The fraction of sp³-hybridized carbons (Fsp3) is 0.571. The number of hydrogen-bond acceptors (Lipinski definition) is 2. The number of pyridine rings is 1. The molecule has 2 aromatic heterocycles. The molecule has 2 heterocycles. The van der Waals surface area contributed by atoms with Gasteiger partial charge in [0.25, 0.3) is 0 Å². The van der Waals surface area contributed by atoms with Crippen LogP contribution in [0.15, 0.2) is 12.4 Å². The Balaban J connectivity index is 1.90. The number of aromatic nitrogens is 3. The van der Waals surface area contributed by atoms with Crippen LogP contribution in [0.3, 0.4) is 0 Å². The van der Waals surface area contributed by atoms with Crippen LogP contribution in [0.4, 0.5) is 0 Å². The molecule has 1 unspecified atom stereocenters. The topological polar surface area (TPSA) is 30.2 Å². The number of hydrogen-bond donors (Lipinski definition) is 0. The molecule has 0 saturated heterocycles. The Labute approximate surface area is 101 Å². The van der Waals surface area contributed by atoms with Gasteiger partial charge >= 0.3 is 0 Å². The number of aryl methyl sites for hydroxylation is 2. The van der Waals surface area contributed by atoms with E-state index in [1.165, 1.54) is 43.4 Å². The Hall–Kier alpha value is -1.38. The SMILES string of the molecule is Cc1cc2c(n3cnnc13)CCC2C1CCC1. The lowest BCUT2D eigenvalue weighted by Gasteiger charge is -2.32. The lowest BCUT2D eigenvalue weighted by atomic mass is 9.73. The van der Waals surface area contributed by atoms with Gasteiger partial charge in [-0.05, 0) is 55.6 Å². The molecule has 2 aromatic rings. The van der Waals surface area contributed by atoms with Crippen molar-refractivity contribution in [3.05, 3.63) is 29.2 Å². The number of rotatable bonds is 1. The molecule has 2 aliphatic carbocycles. The van der Waals surface area contributed by atoms with Crippen molar-refractivity contribution < 1.29 is 0 Å². The second-order valence-corrected chi connectivity index (χ2v) is 5.59. The highest BCUT2D eigenvalue weighted by Gasteiger charge is 2.34. The molecule has 1 atom stereocenters. The molecule has 0 spiro atoms. The fourth-order valence-electron chi connectivity index (χ4n) is 3.59. The average molecular weight is 227 g/mol. The van der Waals surface area contributed by atoms with Gasteiger partial charge in [0.15, 0.2) is 5.65 Å². The third kappa shape index (κ3) is 1.22. The van der Waals surface area contributed by atoms with Crippen molar-refractivity contribution >= 4 is 5.65 Å². The van der Waals surface area contributed by atoms with Crippen LogP contribution in [0, 0.1) is 12.8 Å². The molecule has 2 aliphatic rings. The lowest BCUT2D eigenvalue weighted by molar-refractivity contribution is 0.260. The van der Waals surface area contributed by atoms with Crippen molar-refractivity contribution in [2.75, 3.05) is 0 Å². The fourth-order valence-corrected chi connectivity index (χ4v) is 3.59. The van der Waals surface area contributed by atoms with Crippen molar-refractivity contribution in [3.8, 4) is 0 Å². The summed E-state index contributed by atoms with van der Waals surface area (Å²) in [5.41, 5.74) is 5.36. The Morgan fingerprint density at radius 3 is 2.94 bits per heavy atom. The van der Waals surface area contributed by atoms with Gasteiger partial charge in [-0.15, -0.1) is 10.2 Å². The third-order valence-corrected chi connectivity index (χ3v) is 4.71. The molecule has 1 fully saturated rings. The van der Waals surface area contributed by atoms with E-state index in [2.05, 4.69) is 27.6 Å². The average Bonchev–Trinajstić information content (AvgIpc) is 2.83. The second kappa shape index (κ2) is 3.31. The van der Waals surface area contributed by atoms with Crippen LogP contribution in [0.5, 0.6) is 0 Å². The van der Waals surface area contributed by atoms with Gasteiger partial charge in [0.2, 0.25) is 0 Å². The molecule has 0 bridgehead atoms. The maximum atomic E-state index is 4.21. The molecular weight excluding hydrogens is 210 g/mol. The zero-order valence-corrected chi connectivity index (χ0v) is 10.2. The largest absolute Gasteiger partial charge is 0.285 e. The number of nitrogens with zero attached hydrogens (tertiary/aromatic N) is 3. The molecule has 88 valence electrons. The Morgan fingerprint density at radius 2 is 2.18 bits per heavy atom. The van der Waals surface area contributed by atoms with Crippen molar-refractivity contribution in [1.29, 1.82) is 0 Å². The molecule has 4 rings (SSSR count). The summed E-state index contributed by atoms with van der Waals surface area (Å²) in [6, 6.07) is 2.37. The maximum Gasteiger partial charge on any atom is 0.163 e. The molecule has 1 saturated carbocycles. The van der Waals surface area contributed by atoms with Crippen LogP contribution >= 0.6 is 0 Å². The molecular formula is C14H17N3. The third-order valence-electron chi connectivity index (χ3n) is 4.71. The zero-order valence-electron chi connectivity index (χ0n) is 10.2. The van der Waals surface area contributed by atoms with E-state index in [4.69, 9.17) is 0 Å². The Bertz CT molecular complexity index is 580. The van der Waals surface area contributed by atoms with E-state index in [9.17, 15) is 0 Å². The van der Waals surface area contributed by atoms with Gasteiger partial charge < -0.3 is 0 Å². The maximum absolute atomic E-state index is 4.21. The lowest BCUT2D eigenvalue weighted by Crippen LogP contribution is -2.18. The molecule has 0 amide bonds. The second-order valence-electron chi connectivity index (χ2n) is 5.59. The highest BCUT2D eigenvalue weighted by Crippen LogP contribution is 2.46. The van der Waals surface area contributed by atoms with Crippen molar-refractivity contribution in [1.82, 2.24) is 14.6 Å². The quantitative estimate of drug-likeness (QED) is 0.750. The minimum Gasteiger partial charge on any atom is -0.285 e. The van der Waals surface area contributed by atoms with Crippen LogP contribution in [0.2, 0.25) is 0 Å². The first kappa shape index (κ1) is 9.63. The van der Waals surface area contributed by atoms with Crippen molar-refractivity contribution in [2.24, 2.45) is 5.92 Å². The van der Waals surface area contributed by atoms with Gasteiger partial charge in [0.1, 0.15) is 6.33 Å². The predicted molar refractivity (Wildman–Crippen MR) is 66.1 cm³/mol. The van der Waals surface area contributed by atoms with Gasteiger partial charge in [0.05, 0.1) is 0 Å².